The van der Waals surface area contributed by atoms with Gasteiger partial charge in [-0.3, -0.25) is 4.79 Å². The van der Waals surface area contributed by atoms with Crippen molar-refractivity contribution in [1.29, 1.82) is 0 Å². The standard InChI is InChI=1S/C21H42O4.C17H35NO3.C2H7N/c1-5-8-11-14-17-23-20(22)21(4,24-18-15-12-9-6-2)25-19-16-13-10-7-3;1-6-8-10-12-14-20-17(3,16(19)18(4)5)21-15-13-11-9-7-2;1-3-2/h5-19H2,1-4H3;6-15H2,1-5H3;3H,1-2H3. The fraction of sp³-hybridized carbons (Fsp3) is 0.950. The molecule has 0 aliphatic carbocycles. The second-order valence-electron chi connectivity index (χ2n) is 13.4. The van der Waals surface area contributed by atoms with Crippen LogP contribution in [0, 0.1) is 0 Å². The van der Waals surface area contributed by atoms with Crippen LogP contribution >= 0.6 is 0 Å². The van der Waals surface area contributed by atoms with Crippen LogP contribution in [0.2, 0.25) is 0 Å². The van der Waals surface area contributed by atoms with Gasteiger partial charge in [-0.05, 0) is 53.1 Å². The van der Waals surface area contributed by atoms with Gasteiger partial charge in [-0.2, -0.15) is 0 Å². The number of rotatable bonds is 31. The highest BCUT2D eigenvalue weighted by Gasteiger charge is 2.38. The summed E-state index contributed by atoms with van der Waals surface area (Å²) in [6.07, 6.45) is 22.3. The number of carbonyl (C=O) groups excluding carboxylic acids is 2. The monoisotopic (exact) mass is 705 g/mol. The SMILES string of the molecule is CCCCCCOC(=O)C(C)(OCCCCCC)OCCCCCC.CCCCCCOC(C)(OCCCCCC)C(=O)N(C)C.CNC. The Bertz CT molecular complexity index is 678. The molecule has 0 aromatic carbocycles. The molecular formula is C40H84N2O7. The van der Waals surface area contributed by atoms with E-state index in [4.69, 9.17) is 23.7 Å². The van der Waals surface area contributed by atoms with Gasteiger partial charge in [0.05, 0.1) is 33.0 Å². The quantitative estimate of drug-likeness (QED) is 0.0433. The molecule has 0 spiro atoms. The molecule has 0 aromatic rings. The molecule has 0 unspecified atom stereocenters. The minimum Gasteiger partial charge on any atom is -0.462 e. The highest BCUT2D eigenvalue weighted by atomic mass is 16.7. The molecule has 0 aliphatic heterocycles. The van der Waals surface area contributed by atoms with Gasteiger partial charge >= 0.3 is 5.97 Å². The molecule has 0 radical (unpaired) electrons. The first-order valence-corrected chi connectivity index (χ1v) is 20.0. The Morgan fingerprint density at radius 2 is 0.735 bits per heavy atom. The van der Waals surface area contributed by atoms with Crippen molar-refractivity contribution in [2.45, 2.75) is 188 Å². The summed E-state index contributed by atoms with van der Waals surface area (Å²) < 4.78 is 28.7. The lowest BCUT2D eigenvalue weighted by Gasteiger charge is -2.31. The van der Waals surface area contributed by atoms with Crippen molar-refractivity contribution in [2.24, 2.45) is 0 Å². The van der Waals surface area contributed by atoms with Crippen LogP contribution in [0.1, 0.15) is 177 Å². The first-order chi connectivity index (χ1) is 23.5. The van der Waals surface area contributed by atoms with Crippen LogP contribution in [0.15, 0.2) is 0 Å². The molecule has 0 saturated heterocycles. The molecule has 0 aliphatic rings. The largest absolute Gasteiger partial charge is 0.462 e. The van der Waals surface area contributed by atoms with E-state index in [1.807, 2.05) is 14.1 Å². The predicted molar refractivity (Wildman–Crippen MR) is 206 cm³/mol. The zero-order valence-corrected chi connectivity index (χ0v) is 34.5. The summed E-state index contributed by atoms with van der Waals surface area (Å²) >= 11 is 0. The zero-order chi connectivity index (χ0) is 37.7. The van der Waals surface area contributed by atoms with Crippen molar-refractivity contribution >= 4 is 11.9 Å². The lowest BCUT2D eigenvalue weighted by atomic mass is 10.2. The van der Waals surface area contributed by atoms with Crippen molar-refractivity contribution in [3.63, 3.8) is 0 Å². The molecule has 49 heavy (non-hydrogen) atoms. The molecule has 0 bridgehead atoms. The van der Waals surface area contributed by atoms with Gasteiger partial charge in [0, 0.05) is 21.0 Å². The average Bonchev–Trinajstić information content (AvgIpc) is 3.08. The molecule has 0 rings (SSSR count). The molecule has 0 atom stereocenters. The van der Waals surface area contributed by atoms with Gasteiger partial charge in [-0.1, -0.05) is 131 Å². The number of carbonyl (C=O) groups is 2. The summed E-state index contributed by atoms with van der Waals surface area (Å²) in [6.45, 7) is 17.0. The molecule has 9 nitrogen and oxygen atoms in total. The van der Waals surface area contributed by atoms with Gasteiger partial charge in [0.2, 0.25) is 5.79 Å². The first kappa shape index (κ1) is 52.1. The molecule has 9 heteroatoms. The van der Waals surface area contributed by atoms with Gasteiger partial charge in [0.15, 0.2) is 0 Å². The van der Waals surface area contributed by atoms with E-state index < -0.39 is 11.6 Å². The molecular weight excluding hydrogens is 620 g/mol. The van der Waals surface area contributed by atoms with Crippen LogP contribution in [0.5, 0.6) is 0 Å². The average molecular weight is 705 g/mol. The normalized spacial score (nSPS) is 11.3. The summed E-state index contributed by atoms with van der Waals surface area (Å²) in [7, 11) is 7.23. The van der Waals surface area contributed by atoms with Crippen molar-refractivity contribution in [3.05, 3.63) is 0 Å². The fourth-order valence-corrected chi connectivity index (χ4v) is 4.74. The lowest BCUT2D eigenvalue weighted by Crippen LogP contribution is -2.48. The predicted octanol–water partition coefficient (Wildman–Crippen LogP) is 9.84. The number of ether oxygens (including phenoxy) is 5. The third-order valence-electron chi connectivity index (χ3n) is 7.90. The van der Waals surface area contributed by atoms with Gasteiger partial charge in [0.1, 0.15) is 0 Å². The minimum absolute atomic E-state index is 0.117. The van der Waals surface area contributed by atoms with E-state index in [9.17, 15) is 9.59 Å². The molecule has 0 saturated carbocycles. The van der Waals surface area contributed by atoms with Gasteiger partial charge in [-0.15, -0.1) is 0 Å². The topological polar surface area (TPSA) is 95.6 Å². The third-order valence-corrected chi connectivity index (χ3v) is 7.90. The van der Waals surface area contributed by atoms with E-state index in [1.54, 1.807) is 27.9 Å². The van der Waals surface area contributed by atoms with Crippen molar-refractivity contribution in [1.82, 2.24) is 10.2 Å². The van der Waals surface area contributed by atoms with Crippen molar-refractivity contribution < 1.29 is 33.3 Å². The van der Waals surface area contributed by atoms with E-state index in [2.05, 4.69) is 39.9 Å². The number of unbranched alkanes of at least 4 members (excludes halogenated alkanes) is 15. The van der Waals surface area contributed by atoms with Crippen LogP contribution in [0.3, 0.4) is 0 Å². The second kappa shape index (κ2) is 38.0. The molecule has 0 fully saturated rings. The van der Waals surface area contributed by atoms with E-state index in [0.29, 0.717) is 33.0 Å². The van der Waals surface area contributed by atoms with Gasteiger partial charge < -0.3 is 33.9 Å². The van der Waals surface area contributed by atoms with E-state index in [-0.39, 0.29) is 11.9 Å². The minimum atomic E-state index is -1.26. The summed E-state index contributed by atoms with van der Waals surface area (Å²) in [5, 5.41) is 2.75. The maximum absolute atomic E-state index is 12.5. The molecule has 0 heterocycles. The smallest absolute Gasteiger partial charge is 0.366 e. The zero-order valence-electron chi connectivity index (χ0n) is 34.5. The number of nitrogens with one attached hydrogen (secondary N) is 1. The number of amides is 1. The fourth-order valence-electron chi connectivity index (χ4n) is 4.74. The van der Waals surface area contributed by atoms with Gasteiger partial charge in [0.25, 0.3) is 11.7 Å². The first-order valence-electron chi connectivity index (χ1n) is 20.0. The maximum atomic E-state index is 12.5. The summed E-state index contributed by atoms with van der Waals surface area (Å²) in [4.78, 5) is 26.3. The number of nitrogens with zero attached hydrogens (tertiary/aromatic N) is 1. The van der Waals surface area contributed by atoms with Gasteiger partial charge in [-0.25, -0.2) is 4.79 Å². The molecule has 1 N–H and O–H groups in total. The number of hydrogen-bond acceptors (Lipinski definition) is 8. The molecule has 0 aromatic heterocycles. The number of esters is 1. The number of hydrogen-bond donors (Lipinski definition) is 1. The summed E-state index contributed by atoms with van der Waals surface area (Å²) in [5.74, 6) is -2.89. The molecule has 1 amide bonds. The second-order valence-corrected chi connectivity index (χ2v) is 13.4. The Kier molecular flexibility index (Phi) is 40.4. The van der Waals surface area contributed by atoms with E-state index in [1.165, 1.54) is 69.1 Å². The Morgan fingerprint density at radius 1 is 0.469 bits per heavy atom. The Morgan fingerprint density at radius 3 is 1.00 bits per heavy atom. The Labute approximate surface area is 304 Å². The summed E-state index contributed by atoms with van der Waals surface area (Å²) in [6, 6.07) is 0. The van der Waals surface area contributed by atoms with Crippen LogP contribution in [0.25, 0.3) is 0 Å². The highest BCUT2D eigenvalue weighted by Crippen LogP contribution is 2.19. The maximum Gasteiger partial charge on any atom is 0.366 e. The van der Waals surface area contributed by atoms with Crippen molar-refractivity contribution in [2.75, 3.05) is 61.2 Å². The summed E-state index contributed by atoms with van der Waals surface area (Å²) in [5.41, 5.74) is 0. The van der Waals surface area contributed by atoms with E-state index in [0.717, 1.165) is 64.2 Å². The number of likely N-dealkylation sites (N-methyl/N-ethyl adjacent to an activating group) is 1. The van der Waals surface area contributed by atoms with Crippen LogP contribution in [0.4, 0.5) is 0 Å². The van der Waals surface area contributed by atoms with Crippen LogP contribution in [-0.4, -0.2) is 89.6 Å². The van der Waals surface area contributed by atoms with Crippen molar-refractivity contribution in [3.8, 4) is 0 Å². The Balaban J connectivity index is -0.000000809. The molecule has 296 valence electrons. The van der Waals surface area contributed by atoms with Crippen LogP contribution in [-0.2, 0) is 33.3 Å². The third kappa shape index (κ3) is 32.4. The van der Waals surface area contributed by atoms with Crippen LogP contribution < -0.4 is 5.32 Å². The van der Waals surface area contributed by atoms with E-state index >= 15 is 0 Å². The Hall–Kier alpha value is -1.26. The highest BCUT2D eigenvalue weighted by molar-refractivity contribution is 5.82. The lowest BCUT2D eigenvalue weighted by molar-refractivity contribution is -0.241.